The molecule has 18 heavy (non-hydrogen) atoms. The lowest BCUT2D eigenvalue weighted by atomic mass is 10.0. The first-order valence-electron chi connectivity index (χ1n) is 5.46. The molecule has 2 rings (SSSR count). The number of carboxylic acid groups (broad SMARTS) is 1. The first kappa shape index (κ1) is 12.5. The number of carbonyl (C=O) groups is 2. The molecule has 1 heterocycles. The molecule has 1 atom stereocenters. The van der Waals surface area contributed by atoms with Gasteiger partial charge in [-0.15, -0.1) is 0 Å². The molecule has 0 bridgehead atoms. The minimum absolute atomic E-state index is 0.0706. The first-order valence-corrected chi connectivity index (χ1v) is 5.46. The van der Waals surface area contributed by atoms with Crippen LogP contribution in [-0.4, -0.2) is 35.3 Å². The van der Waals surface area contributed by atoms with Crippen LogP contribution < -0.4 is 5.32 Å². The Balaban J connectivity index is 1.99. The molecule has 0 fully saturated rings. The molecule has 1 aromatic carbocycles. The Morgan fingerprint density at radius 2 is 2.28 bits per heavy atom. The summed E-state index contributed by atoms with van der Waals surface area (Å²) in [4.78, 5) is 21.4. The third-order valence-electron chi connectivity index (χ3n) is 2.64. The quantitative estimate of drug-likeness (QED) is 0.700. The van der Waals surface area contributed by atoms with Crippen LogP contribution in [0.2, 0.25) is 0 Å². The number of nitrogens with one attached hydrogen (secondary N) is 1. The molecular weight excluding hydrogens is 238 g/mol. The average molecular weight is 251 g/mol. The fourth-order valence-corrected chi connectivity index (χ4v) is 1.81. The van der Waals surface area contributed by atoms with Gasteiger partial charge in [0.15, 0.2) is 0 Å². The molecule has 1 amide bonds. The number of aliphatic hydroxyl groups is 1. The predicted molar refractivity (Wildman–Crippen MR) is 62.2 cm³/mol. The van der Waals surface area contributed by atoms with Crippen LogP contribution in [0.3, 0.4) is 0 Å². The summed E-state index contributed by atoms with van der Waals surface area (Å²) in [6.45, 7) is -0.533. The van der Waals surface area contributed by atoms with Gasteiger partial charge in [-0.2, -0.15) is 0 Å². The van der Waals surface area contributed by atoms with Crippen molar-refractivity contribution in [3.05, 3.63) is 29.3 Å². The zero-order valence-corrected chi connectivity index (χ0v) is 9.55. The van der Waals surface area contributed by atoms with Gasteiger partial charge in [0, 0.05) is 5.69 Å². The topological polar surface area (TPSA) is 95.9 Å². The molecule has 0 aromatic heterocycles. The van der Waals surface area contributed by atoms with E-state index >= 15 is 0 Å². The molecular formula is C12H13NO5. The van der Waals surface area contributed by atoms with Gasteiger partial charge < -0.3 is 20.3 Å². The van der Waals surface area contributed by atoms with E-state index in [1.807, 2.05) is 0 Å². The number of hydrogen-bond acceptors (Lipinski definition) is 4. The van der Waals surface area contributed by atoms with E-state index in [9.17, 15) is 14.7 Å². The summed E-state index contributed by atoms with van der Waals surface area (Å²) in [7, 11) is 0. The Kier molecular flexibility index (Phi) is 3.59. The van der Waals surface area contributed by atoms with Crippen LogP contribution in [-0.2, 0) is 20.7 Å². The van der Waals surface area contributed by atoms with Crippen LogP contribution in [0.5, 0.6) is 0 Å². The van der Waals surface area contributed by atoms with E-state index < -0.39 is 18.7 Å². The summed E-state index contributed by atoms with van der Waals surface area (Å²) in [5.74, 6) is -1.15. The highest BCUT2D eigenvalue weighted by molar-refractivity contribution is 5.99. The van der Waals surface area contributed by atoms with Crippen LogP contribution in [0.15, 0.2) is 18.2 Å². The number of ether oxygens (including phenoxy) is 1. The van der Waals surface area contributed by atoms with E-state index in [2.05, 4.69) is 5.32 Å². The van der Waals surface area contributed by atoms with Crippen LogP contribution >= 0.6 is 0 Å². The monoisotopic (exact) mass is 251 g/mol. The fraction of sp³-hybridized carbons (Fsp3) is 0.333. The number of carboxylic acids is 1. The smallest absolute Gasteiger partial charge is 0.329 e. The van der Waals surface area contributed by atoms with Crippen LogP contribution in [0.1, 0.15) is 17.2 Å². The Bertz CT molecular complexity index is 485. The lowest BCUT2D eigenvalue weighted by Crippen LogP contribution is -2.13. The van der Waals surface area contributed by atoms with E-state index in [1.165, 1.54) is 0 Å². The number of anilines is 1. The Labute approximate surface area is 103 Å². The largest absolute Gasteiger partial charge is 0.480 e. The van der Waals surface area contributed by atoms with E-state index in [0.717, 1.165) is 11.3 Å². The van der Waals surface area contributed by atoms with E-state index in [4.69, 9.17) is 9.84 Å². The van der Waals surface area contributed by atoms with Crippen molar-refractivity contribution in [3.63, 3.8) is 0 Å². The molecule has 1 unspecified atom stereocenters. The second kappa shape index (κ2) is 5.16. The normalized spacial score (nSPS) is 15.1. The Morgan fingerprint density at radius 1 is 1.50 bits per heavy atom. The fourth-order valence-electron chi connectivity index (χ4n) is 1.81. The Morgan fingerprint density at radius 3 is 3.00 bits per heavy atom. The highest BCUT2D eigenvalue weighted by atomic mass is 16.5. The van der Waals surface area contributed by atoms with Crippen molar-refractivity contribution >= 4 is 17.6 Å². The summed E-state index contributed by atoms with van der Waals surface area (Å²) in [6, 6.07) is 5.12. The molecule has 0 saturated carbocycles. The number of amides is 1. The zero-order valence-electron chi connectivity index (χ0n) is 9.55. The standard InChI is InChI=1S/C12H13NO5/c14-10(5-18-6-12(16)17)7-1-2-9-8(3-7)4-11(15)13-9/h1-3,10,14H,4-6H2,(H,13,15)(H,16,17). The van der Waals surface area contributed by atoms with Crippen LogP contribution in [0.25, 0.3) is 0 Å². The van der Waals surface area contributed by atoms with Gasteiger partial charge in [-0.25, -0.2) is 4.79 Å². The molecule has 6 nitrogen and oxygen atoms in total. The van der Waals surface area contributed by atoms with Crippen molar-refractivity contribution < 1.29 is 24.5 Å². The van der Waals surface area contributed by atoms with Gasteiger partial charge in [0.2, 0.25) is 5.91 Å². The number of fused-ring (bicyclic) bond motifs is 1. The van der Waals surface area contributed by atoms with Crippen molar-refractivity contribution in [2.75, 3.05) is 18.5 Å². The highest BCUT2D eigenvalue weighted by Crippen LogP contribution is 2.26. The van der Waals surface area contributed by atoms with Gasteiger partial charge in [0.25, 0.3) is 0 Å². The van der Waals surface area contributed by atoms with Gasteiger partial charge in [0.1, 0.15) is 12.7 Å². The van der Waals surface area contributed by atoms with Gasteiger partial charge in [-0.3, -0.25) is 4.79 Å². The zero-order chi connectivity index (χ0) is 13.1. The van der Waals surface area contributed by atoms with Gasteiger partial charge in [0.05, 0.1) is 13.0 Å². The number of benzene rings is 1. The van der Waals surface area contributed by atoms with Crippen LogP contribution in [0, 0.1) is 0 Å². The number of carbonyl (C=O) groups excluding carboxylic acids is 1. The van der Waals surface area contributed by atoms with Gasteiger partial charge >= 0.3 is 5.97 Å². The van der Waals surface area contributed by atoms with E-state index in [0.29, 0.717) is 12.0 Å². The molecule has 3 N–H and O–H groups in total. The Hall–Kier alpha value is -1.92. The SMILES string of the molecule is O=C(O)COCC(O)c1ccc2c(c1)CC(=O)N2. The van der Waals surface area contributed by atoms with Crippen molar-refractivity contribution in [1.82, 2.24) is 0 Å². The van der Waals surface area contributed by atoms with Crippen molar-refractivity contribution in [3.8, 4) is 0 Å². The second-order valence-corrected chi connectivity index (χ2v) is 4.07. The molecule has 1 aliphatic heterocycles. The number of hydrogen-bond donors (Lipinski definition) is 3. The maximum atomic E-state index is 11.2. The molecule has 0 spiro atoms. The first-order chi connectivity index (χ1) is 8.56. The number of aliphatic carboxylic acids is 1. The summed E-state index contributed by atoms with van der Waals surface area (Å²) in [5.41, 5.74) is 2.19. The predicted octanol–water partition coefficient (Wildman–Crippen LogP) is 0.316. The lowest BCUT2D eigenvalue weighted by molar-refractivity contribution is -0.143. The number of rotatable bonds is 5. The molecule has 96 valence electrons. The maximum Gasteiger partial charge on any atom is 0.329 e. The third kappa shape index (κ3) is 2.85. The van der Waals surface area contributed by atoms with Crippen molar-refractivity contribution in [2.24, 2.45) is 0 Å². The molecule has 0 saturated heterocycles. The second-order valence-electron chi connectivity index (χ2n) is 4.07. The lowest BCUT2D eigenvalue weighted by Gasteiger charge is -2.11. The average Bonchev–Trinajstić information content (AvgIpc) is 2.67. The molecule has 0 aliphatic carbocycles. The van der Waals surface area contributed by atoms with E-state index in [-0.39, 0.29) is 12.5 Å². The van der Waals surface area contributed by atoms with Gasteiger partial charge in [-0.05, 0) is 17.2 Å². The molecule has 6 heteroatoms. The van der Waals surface area contributed by atoms with Gasteiger partial charge in [-0.1, -0.05) is 12.1 Å². The summed E-state index contributed by atoms with van der Waals surface area (Å²) in [5, 5.41) is 20.9. The van der Waals surface area contributed by atoms with Crippen molar-refractivity contribution in [2.45, 2.75) is 12.5 Å². The molecule has 1 aromatic rings. The van der Waals surface area contributed by atoms with Crippen LogP contribution in [0.4, 0.5) is 5.69 Å². The molecule has 1 aliphatic rings. The minimum atomic E-state index is -1.08. The summed E-state index contributed by atoms with van der Waals surface area (Å²) in [6.07, 6.45) is -0.600. The highest BCUT2D eigenvalue weighted by Gasteiger charge is 2.19. The number of aliphatic hydroxyl groups excluding tert-OH is 1. The summed E-state index contributed by atoms with van der Waals surface area (Å²) < 4.78 is 4.82. The minimum Gasteiger partial charge on any atom is -0.480 e. The summed E-state index contributed by atoms with van der Waals surface area (Å²) >= 11 is 0. The van der Waals surface area contributed by atoms with Crippen molar-refractivity contribution in [1.29, 1.82) is 0 Å². The van der Waals surface area contributed by atoms with E-state index in [1.54, 1.807) is 18.2 Å². The molecule has 0 radical (unpaired) electrons. The maximum absolute atomic E-state index is 11.2. The third-order valence-corrected chi connectivity index (χ3v) is 2.64.